The van der Waals surface area contributed by atoms with Crippen LogP contribution in [0.25, 0.3) is 0 Å². The van der Waals surface area contributed by atoms with E-state index in [-0.39, 0.29) is 18.4 Å². The predicted octanol–water partition coefficient (Wildman–Crippen LogP) is 3.26. The van der Waals surface area contributed by atoms with E-state index < -0.39 is 0 Å². The summed E-state index contributed by atoms with van der Waals surface area (Å²) in [6.45, 7) is 2.61. The summed E-state index contributed by atoms with van der Waals surface area (Å²) >= 11 is 5.96. The fourth-order valence-corrected chi connectivity index (χ4v) is 3.40. The van der Waals surface area contributed by atoms with E-state index in [0.717, 1.165) is 5.56 Å². The lowest BCUT2D eigenvalue weighted by molar-refractivity contribution is -0.117. The minimum Gasteiger partial charge on any atom is -0.361 e. The van der Waals surface area contributed by atoms with Gasteiger partial charge in [-0.1, -0.05) is 28.9 Å². The summed E-state index contributed by atoms with van der Waals surface area (Å²) in [6.07, 6.45) is 1.51. The topological polar surface area (TPSA) is 91.6 Å². The molecule has 154 valence electrons. The lowest BCUT2D eigenvalue weighted by Crippen LogP contribution is -2.40. The van der Waals surface area contributed by atoms with Crippen molar-refractivity contribution in [1.82, 2.24) is 15.0 Å². The molecule has 0 atom stereocenters. The van der Waals surface area contributed by atoms with Crippen LogP contribution in [-0.4, -0.2) is 40.4 Å². The largest absolute Gasteiger partial charge is 0.361 e. The van der Waals surface area contributed by atoms with E-state index in [0.29, 0.717) is 46.6 Å². The van der Waals surface area contributed by atoms with Crippen molar-refractivity contribution in [3.05, 3.63) is 70.2 Å². The molecule has 8 nitrogen and oxygen atoms in total. The molecule has 0 unspecified atom stereocenters. The van der Waals surface area contributed by atoms with Crippen molar-refractivity contribution in [1.29, 1.82) is 0 Å². The van der Waals surface area contributed by atoms with Crippen molar-refractivity contribution in [2.45, 2.75) is 20.0 Å². The van der Waals surface area contributed by atoms with Gasteiger partial charge in [-0.25, -0.2) is 4.98 Å². The molecule has 0 bridgehead atoms. The van der Waals surface area contributed by atoms with E-state index >= 15 is 0 Å². The van der Waals surface area contributed by atoms with E-state index in [1.165, 1.54) is 11.1 Å². The molecule has 0 radical (unpaired) electrons. The normalized spacial score (nSPS) is 13.0. The molecule has 0 saturated heterocycles. The summed E-state index contributed by atoms with van der Waals surface area (Å²) in [7, 11) is 1.68. The highest BCUT2D eigenvalue weighted by molar-refractivity contribution is 6.30. The van der Waals surface area contributed by atoms with Crippen LogP contribution >= 0.6 is 11.6 Å². The van der Waals surface area contributed by atoms with Crippen LogP contribution in [0, 0.1) is 6.92 Å². The van der Waals surface area contributed by atoms with Crippen molar-refractivity contribution in [2.24, 2.45) is 0 Å². The second kappa shape index (κ2) is 8.16. The number of hydrogen-bond donors (Lipinski definition) is 1. The molecule has 1 aliphatic heterocycles. The monoisotopic (exact) mass is 425 g/mol. The summed E-state index contributed by atoms with van der Waals surface area (Å²) in [6, 6.07) is 10.8. The summed E-state index contributed by atoms with van der Waals surface area (Å²) < 4.78 is 5.05. The van der Waals surface area contributed by atoms with Gasteiger partial charge in [-0.3, -0.25) is 9.59 Å². The maximum atomic E-state index is 12.9. The predicted molar refractivity (Wildman–Crippen MR) is 112 cm³/mol. The number of aryl methyl sites for hydroxylation is 1. The number of hydrogen-bond acceptors (Lipinski definition) is 6. The van der Waals surface area contributed by atoms with Crippen LogP contribution in [0.1, 0.15) is 27.4 Å². The van der Waals surface area contributed by atoms with E-state index in [2.05, 4.69) is 15.5 Å². The molecule has 2 aromatic heterocycles. The number of anilines is 2. The van der Waals surface area contributed by atoms with Crippen LogP contribution in [-0.2, 0) is 17.9 Å². The van der Waals surface area contributed by atoms with Crippen LogP contribution in [0.5, 0.6) is 0 Å². The Hall–Kier alpha value is -3.39. The number of rotatable bonds is 5. The van der Waals surface area contributed by atoms with Crippen molar-refractivity contribution < 1.29 is 14.1 Å². The number of carbonyl (C=O) groups excluding carboxylic acids is 2. The Labute approximate surface area is 178 Å². The minimum atomic E-state index is -0.226. The van der Waals surface area contributed by atoms with Crippen LogP contribution in [0.2, 0.25) is 5.02 Å². The van der Waals surface area contributed by atoms with Gasteiger partial charge >= 0.3 is 0 Å². The standard InChI is InChI=1S/C21H20ClN5O3/c1-13-7-17(25-30-13)12-26(2)21(29)15-8-18-20(23-9-15)24-10-19(28)27(18)11-14-3-5-16(22)6-4-14/h3-9H,10-12H2,1-2H3,(H,23,24). The van der Waals surface area contributed by atoms with Gasteiger partial charge in [0, 0.05) is 24.3 Å². The molecule has 2 amide bonds. The van der Waals surface area contributed by atoms with Crippen molar-refractivity contribution in [3.8, 4) is 0 Å². The van der Waals surface area contributed by atoms with Crippen LogP contribution in [0.15, 0.2) is 47.1 Å². The van der Waals surface area contributed by atoms with E-state index in [1.54, 1.807) is 43.1 Å². The maximum Gasteiger partial charge on any atom is 0.255 e. The molecule has 3 aromatic rings. The molecule has 1 aromatic carbocycles. The number of pyridine rings is 1. The van der Waals surface area contributed by atoms with Crippen molar-refractivity contribution in [3.63, 3.8) is 0 Å². The highest BCUT2D eigenvalue weighted by Crippen LogP contribution is 2.30. The van der Waals surface area contributed by atoms with Gasteiger partial charge in [0.2, 0.25) is 5.91 Å². The number of aromatic nitrogens is 2. The fourth-order valence-electron chi connectivity index (χ4n) is 3.27. The highest BCUT2D eigenvalue weighted by Gasteiger charge is 2.27. The number of benzene rings is 1. The smallest absolute Gasteiger partial charge is 0.255 e. The zero-order valence-electron chi connectivity index (χ0n) is 16.6. The zero-order chi connectivity index (χ0) is 21.3. The highest BCUT2D eigenvalue weighted by atomic mass is 35.5. The Morgan fingerprint density at radius 3 is 2.77 bits per heavy atom. The van der Waals surface area contributed by atoms with Gasteiger partial charge in [0.05, 0.1) is 30.9 Å². The molecule has 0 fully saturated rings. The molecule has 0 aliphatic carbocycles. The van der Waals surface area contributed by atoms with Gasteiger partial charge in [0.15, 0.2) is 5.82 Å². The minimum absolute atomic E-state index is 0.102. The molecule has 4 rings (SSSR count). The Kier molecular flexibility index (Phi) is 5.41. The SMILES string of the molecule is Cc1cc(CN(C)C(=O)c2cnc3c(c2)N(Cc2ccc(Cl)cc2)C(=O)CN3)no1. The lowest BCUT2D eigenvalue weighted by atomic mass is 10.1. The maximum absolute atomic E-state index is 12.9. The molecule has 9 heteroatoms. The first-order valence-electron chi connectivity index (χ1n) is 9.37. The Balaban J connectivity index is 1.58. The number of nitrogens with zero attached hydrogens (tertiary/aromatic N) is 4. The van der Waals surface area contributed by atoms with Gasteiger partial charge in [-0.2, -0.15) is 0 Å². The quantitative estimate of drug-likeness (QED) is 0.674. The molecule has 0 spiro atoms. The van der Waals surface area contributed by atoms with E-state index in [1.807, 2.05) is 12.1 Å². The summed E-state index contributed by atoms with van der Waals surface area (Å²) in [5.74, 6) is 0.921. The molecule has 1 aliphatic rings. The average Bonchev–Trinajstić information content (AvgIpc) is 3.15. The number of amides is 2. The molecule has 30 heavy (non-hydrogen) atoms. The van der Waals surface area contributed by atoms with Crippen LogP contribution < -0.4 is 10.2 Å². The molecule has 0 saturated carbocycles. The van der Waals surface area contributed by atoms with Crippen molar-refractivity contribution >= 4 is 34.9 Å². The Morgan fingerprint density at radius 1 is 1.30 bits per heavy atom. The van der Waals surface area contributed by atoms with Gasteiger partial charge in [-0.15, -0.1) is 0 Å². The molecular formula is C21H20ClN5O3. The fraction of sp³-hybridized carbons (Fsp3) is 0.238. The Bertz CT molecular complexity index is 1100. The number of carbonyl (C=O) groups is 2. The van der Waals surface area contributed by atoms with Crippen LogP contribution in [0.4, 0.5) is 11.5 Å². The summed E-state index contributed by atoms with van der Waals surface area (Å²) in [4.78, 5) is 33.0. The third kappa shape index (κ3) is 4.13. The zero-order valence-corrected chi connectivity index (χ0v) is 17.3. The van der Waals surface area contributed by atoms with E-state index in [4.69, 9.17) is 16.1 Å². The summed E-state index contributed by atoms with van der Waals surface area (Å²) in [5, 5.41) is 7.56. The third-order valence-electron chi connectivity index (χ3n) is 4.79. The second-order valence-electron chi connectivity index (χ2n) is 7.14. The van der Waals surface area contributed by atoms with Gasteiger partial charge in [-0.05, 0) is 30.7 Å². The molecule has 1 N–H and O–H groups in total. The number of fused-ring (bicyclic) bond motifs is 1. The molecule has 3 heterocycles. The first-order valence-corrected chi connectivity index (χ1v) is 9.75. The van der Waals surface area contributed by atoms with Gasteiger partial charge in [0.25, 0.3) is 5.91 Å². The average molecular weight is 426 g/mol. The Morgan fingerprint density at radius 2 is 2.07 bits per heavy atom. The lowest BCUT2D eigenvalue weighted by Gasteiger charge is -2.30. The van der Waals surface area contributed by atoms with Crippen LogP contribution in [0.3, 0.4) is 0 Å². The first kappa shape index (κ1) is 19.9. The first-order chi connectivity index (χ1) is 14.4. The number of nitrogens with one attached hydrogen (secondary N) is 1. The third-order valence-corrected chi connectivity index (χ3v) is 5.04. The molecular weight excluding hydrogens is 406 g/mol. The summed E-state index contributed by atoms with van der Waals surface area (Å²) in [5.41, 5.74) is 2.54. The van der Waals surface area contributed by atoms with Gasteiger partial charge < -0.3 is 19.6 Å². The second-order valence-corrected chi connectivity index (χ2v) is 7.58. The van der Waals surface area contributed by atoms with Gasteiger partial charge in [0.1, 0.15) is 11.5 Å². The van der Waals surface area contributed by atoms with E-state index in [9.17, 15) is 9.59 Å². The van der Waals surface area contributed by atoms with Crippen molar-refractivity contribution in [2.75, 3.05) is 23.8 Å². The number of halogens is 1.